The number of nitrogens with zero attached hydrogens (tertiary/aromatic N) is 4. The third kappa shape index (κ3) is 4.32. The zero-order chi connectivity index (χ0) is 19.4. The Labute approximate surface area is 170 Å². The predicted molar refractivity (Wildman–Crippen MR) is 103 cm³/mol. The molecule has 27 heavy (non-hydrogen) atoms. The number of tetrazole rings is 1. The van der Waals surface area contributed by atoms with Crippen LogP contribution in [0.4, 0.5) is 4.79 Å². The highest BCUT2D eigenvalue weighted by molar-refractivity contribution is 6.43. The quantitative estimate of drug-likeness (QED) is 0.654. The Morgan fingerprint density at radius 2 is 1.89 bits per heavy atom. The highest BCUT2D eigenvalue weighted by Gasteiger charge is 2.23. The van der Waals surface area contributed by atoms with Crippen molar-refractivity contribution in [3.8, 4) is 11.4 Å². The number of alkyl carbamates (subject to hydrolysis) is 1. The fourth-order valence-corrected chi connectivity index (χ4v) is 3.12. The highest BCUT2D eigenvalue weighted by Crippen LogP contribution is 2.33. The fourth-order valence-electron chi connectivity index (χ4n) is 2.48. The molecule has 1 amide bonds. The molecule has 1 aromatic heterocycles. The van der Waals surface area contributed by atoms with Gasteiger partial charge in [0.15, 0.2) is 5.82 Å². The standard InChI is InChI=1S/C17H14Cl3N5O2/c1-21-17(26)27-14(10-5-2-3-7-12(10)18)9-25-16(22-23-24-25)11-6-4-8-13(19)15(11)20/h2-8,14H,9H2,1H3,(H,21,26). The summed E-state index contributed by atoms with van der Waals surface area (Å²) in [5, 5.41) is 15.3. The van der Waals surface area contributed by atoms with Gasteiger partial charge in [-0.25, -0.2) is 9.48 Å². The van der Waals surface area contributed by atoms with Gasteiger partial charge in [-0.05, 0) is 28.6 Å². The van der Waals surface area contributed by atoms with Crippen LogP contribution in [0.15, 0.2) is 42.5 Å². The van der Waals surface area contributed by atoms with E-state index in [4.69, 9.17) is 39.5 Å². The molecule has 2 aromatic carbocycles. The normalized spacial score (nSPS) is 11.9. The lowest BCUT2D eigenvalue weighted by Crippen LogP contribution is -2.25. The summed E-state index contributed by atoms with van der Waals surface area (Å²) in [5.41, 5.74) is 1.19. The number of carbonyl (C=O) groups excluding carboxylic acids is 1. The van der Waals surface area contributed by atoms with Crippen LogP contribution in [0.5, 0.6) is 0 Å². The molecule has 1 atom stereocenters. The number of ether oxygens (including phenoxy) is 1. The average Bonchev–Trinajstić information content (AvgIpc) is 3.11. The summed E-state index contributed by atoms with van der Waals surface area (Å²) in [6.45, 7) is 0.127. The van der Waals surface area contributed by atoms with Gasteiger partial charge in [0.05, 0.1) is 16.6 Å². The van der Waals surface area contributed by atoms with Gasteiger partial charge in [-0.15, -0.1) is 5.10 Å². The molecule has 0 spiro atoms. The van der Waals surface area contributed by atoms with Crippen molar-refractivity contribution in [1.29, 1.82) is 0 Å². The van der Waals surface area contributed by atoms with Crippen LogP contribution in [0.1, 0.15) is 11.7 Å². The molecule has 7 nitrogen and oxygen atoms in total. The third-order valence-electron chi connectivity index (χ3n) is 3.77. The molecular formula is C17H14Cl3N5O2. The van der Waals surface area contributed by atoms with Crippen molar-refractivity contribution in [3.05, 3.63) is 63.1 Å². The van der Waals surface area contributed by atoms with Crippen LogP contribution >= 0.6 is 34.8 Å². The molecule has 0 aliphatic carbocycles. The molecule has 1 unspecified atom stereocenters. The van der Waals surface area contributed by atoms with Gasteiger partial charge in [-0.3, -0.25) is 0 Å². The second kappa shape index (κ2) is 8.56. The molecule has 140 valence electrons. The number of hydrogen-bond acceptors (Lipinski definition) is 5. The maximum absolute atomic E-state index is 11.8. The minimum Gasteiger partial charge on any atom is -0.439 e. The second-order valence-corrected chi connectivity index (χ2v) is 6.64. The smallest absolute Gasteiger partial charge is 0.407 e. The van der Waals surface area contributed by atoms with E-state index in [9.17, 15) is 4.79 Å². The molecule has 10 heteroatoms. The summed E-state index contributed by atoms with van der Waals surface area (Å²) in [6, 6.07) is 12.2. The van der Waals surface area contributed by atoms with Crippen LogP contribution in [-0.2, 0) is 11.3 Å². The molecule has 1 heterocycles. The molecule has 3 aromatic rings. The first-order valence-electron chi connectivity index (χ1n) is 7.84. The lowest BCUT2D eigenvalue weighted by atomic mass is 10.1. The van der Waals surface area contributed by atoms with Gasteiger partial charge < -0.3 is 10.1 Å². The SMILES string of the molecule is CNC(=O)OC(Cn1nnnc1-c1cccc(Cl)c1Cl)c1ccccc1Cl. The first-order chi connectivity index (χ1) is 13.0. The number of carbonyl (C=O) groups is 1. The number of benzene rings is 2. The molecule has 0 fully saturated rings. The van der Waals surface area contributed by atoms with E-state index in [1.54, 1.807) is 42.5 Å². The van der Waals surface area contributed by atoms with Crippen molar-refractivity contribution >= 4 is 40.9 Å². The van der Waals surface area contributed by atoms with Crippen LogP contribution in [0.25, 0.3) is 11.4 Å². The Kier molecular flexibility index (Phi) is 6.15. The summed E-state index contributed by atoms with van der Waals surface area (Å²) >= 11 is 18.7. The van der Waals surface area contributed by atoms with E-state index in [-0.39, 0.29) is 6.54 Å². The van der Waals surface area contributed by atoms with E-state index in [2.05, 4.69) is 20.8 Å². The van der Waals surface area contributed by atoms with Crippen LogP contribution in [-0.4, -0.2) is 33.3 Å². The first-order valence-corrected chi connectivity index (χ1v) is 8.98. The molecule has 0 saturated heterocycles. The number of rotatable bonds is 5. The molecule has 3 rings (SSSR count). The molecule has 0 saturated carbocycles. The summed E-state index contributed by atoms with van der Waals surface area (Å²) in [5.74, 6) is 0.389. The van der Waals surface area contributed by atoms with Gasteiger partial charge in [0.1, 0.15) is 6.10 Å². The van der Waals surface area contributed by atoms with Gasteiger partial charge in [0, 0.05) is 23.2 Å². The Morgan fingerprint density at radius 3 is 2.63 bits per heavy atom. The minimum atomic E-state index is -0.723. The zero-order valence-corrected chi connectivity index (χ0v) is 16.3. The van der Waals surface area contributed by atoms with Crippen molar-refractivity contribution in [2.24, 2.45) is 0 Å². The van der Waals surface area contributed by atoms with Gasteiger partial charge in [-0.2, -0.15) is 0 Å². The van der Waals surface area contributed by atoms with Crippen molar-refractivity contribution in [2.45, 2.75) is 12.6 Å². The zero-order valence-electron chi connectivity index (χ0n) is 14.1. The van der Waals surface area contributed by atoms with Gasteiger partial charge >= 0.3 is 6.09 Å². The van der Waals surface area contributed by atoms with E-state index >= 15 is 0 Å². The third-order valence-corrected chi connectivity index (χ3v) is 4.93. The average molecular weight is 427 g/mol. The van der Waals surface area contributed by atoms with Crippen LogP contribution < -0.4 is 5.32 Å². The second-order valence-electron chi connectivity index (χ2n) is 5.45. The van der Waals surface area contributed by atoms with Gasteiger partial charge in [-0.1, -0.05) is 59.1 Å². The number of nitrogens with one attached hydrogen (secondary N) is 1. The number of aromatic nitrogens is 4. The molecule has 0 aliphatic heterocycles. The summed E-state index contributed by atoms with van der Waals surface area (Å²) in [4.78, 5) is 11.8. The molecule has 0 radical (unpaired) electrons. The molecule has 0 aliphatic rings. The van der Waals surface area contributed by atoms with E-state index in [0.29, 0.717) is 32.0 Å². The summed E-state index contributed by atoms with van der Waals surface area (Å²) in [7, 11) is 1.47. The summed E-state index contributed by atoms with van der Waals surface area (Å²) < 4.78 is 6.96. The Bertz CT molecular complexity index is 963. The topological polar surface area (TPSA) is 81.9 Å². The maximum Gasteiger partial charge on any atom is 0.407 e. The van der Waals surface area contributed by atoms with Gasteiger partial charge in [0.2, 0.25) is 0 Å². The molecule has 1 N–H and O–H groups in total. The minimum absolute atomic E-state index is 0.127. The van der Waals surface area contributed by atoms with E-state index < -0.39 is 12.2 Å². The first kappa shape index (κ1) is 19.4. The highest BCUT2D eigenvalue weighted by atomic mass is 35.5. The van der Waals surface area contributed by atoms with Crippen LogP contribution in [0.3, 0.4) is 0 Å². The Hall–Kier alpha value is -2.35. The van der Waals surface area contributed by atoms with E-state index in [0.717, 1.165) is 0 Å². The van der Waals surface area contributed by atoms with E-state index in [1.807, 2.05) is 0 Å². The van der Waals surface area contributed by atoms with Crippen molar-refractivity contribution < 1.29 is 9.53 Å². The van der Waals surface area contributed by atoms with Crippen molar-refractivity contribution in [3.63, 3.8) is 0 Å². The summed E-state index contributed by atoms with van der Waals surface area (Å²) in [6.07, 6.45) is -1.32. The largest absolute Gasteiger partial charge is 0.439 e. The van der Waals surface area contributed by atoms with E-state index in [1.165, 1.54) is 11.7 Å². The van der Waals surface area contributed by atoms with Crippen LogP contribution in [0.2, 0.25) is 15.1 Å². The van der Waals surface area contributed by atoms with Crippen LogP contribution in [0, 0.1) is 0 Å². The number of halogens is 3. The monoisotopic (exact) mass is 425 g/mol. The molecule has 0 bridgehead atoms. The lowest BCUT2D eigenvalue weighted by Gasteiger charge is -2.19. The Morgan fingerprint density at radius 1 is 1.15 bits per heavy atom. The Balaban J connectivity index is 1.98. The van der Waals surface area contributed by atoms with Gasteiger partial charge in [0.25, 0.3) is 0 Å². The maximum atomic E-state index is 11.8. The fraction of sp³-hybridized carbons (Fsp3) is 0.176. The van der Waals surface area contributed by atoms with Crippen molar-refractivity contribution in [2.75, 3.05) is 7.05 Å². The predicted octanol–water partition coefficient (Wildman–Crippen LogP) is 4.40. The molecular weight excluding hydrogens is 413 g/mol. The van der Waals surface area contributed by atoms with Crippen molar-refractivity contribution in [1.82, 2.24) is 25.5 Å². The lowest BCUT2D eigenvalue weighted by molar-refractivity contribution is 0.0868. The number of amides is 1. The number of hydrogen-bond donors (Lipinski definition) is 1.